The van der Waals surface area contributed by atoms with Crippen molar-refractivity contribution in [3.63, 3.8) is 0 Å². The van der Waals surface area contributed by atoms with E-state index in [2.05, 4.69) is 29.6 Å². The lowest BCUT2D eigenvalue weighted by atomic mass is 9.95. The SMILES string of the molecule is CCOC(C)O[C@@H]1CN[C@@H]1c1ccccc1. The molecule has 0 bridgehead atoms. The molecule has 0 radical (unpaired) electrons. The van der Waals surface area contributed by atoms with Gasteiger partial charge in [-0.05, 0) is 19.4 Å². The Hall–Kier alpha value is -0.900. The van der Waals surface area contributed by atoms with Crippen molar-refractivity contribution in [3.05, 3.63) is 35.9 Å². The van der Waals surface area contributed by atoms with E-state index in [1.165, 1.54) is 5.56 Å². The maximum Gasteiger partial charge on any atom is 0.155 e. The van der Waals surface area contributed by atoms with Crippen LogP contribution in [-0.2, 0) is 9.47 Å². The Kier molecular flexibility index (Phi) is 3.93. The van der Waals surface area contributed by atoms with Crippen molar-refractivity contribution in [1.82, 2.24) is 5.32 Å². The second kappa shape index (κ2) is 5.43. The summed E-state index contributed by atoms with van der Waals surface area (Å²) in [5, 5.41) is 3.38. The van der Waals surface area contributed by atoms with Gasteiger partial charge < -0.3 is 14.8 Å². The number of nitrogens with one attached hydrogen (secondary N) is 1. The van der Waals surface area contributed by atoms with Gasteiger partial charge in [-0.15, -0.1) is 0 Å². The van der Waals surface area contributed by atoms with Crippen LogP contribution in [0.25, 0.3) is 0 Å². The number of rotatable bonds is 5. The van der Waals surface area contributed by atoms with Crippen molar-refractivity contribution in [2.45, 2.75) is 32.3 Å². The molecule has 2 rings (SSSR count). The molecule has 3 heteroatoms. The third-order valence-corrected chi connectivity index (χ3v) is 2.84. The van der Waals surface area contributed by atoms with Crippen LogP contribution < -0.4 is 5.32 Å². The van der Waals surface area contributed by atoms with Crippen molar-refractivity contribution >= 4 is 0 Å². The fourth-order valence-corrected chi connectivity index (χ4v) is 1.97. The molecular weight excluding hydrogens is 202 g/mol. The van der Waals surface area contributed by atoms with Crippen LogP contribution >= 0.6 is 0 Å². The Labute approximate surface area is 96.8 Å². The largest absolute Gasteiger partial charge is 0.353 e. The van der Waals surface area contributed by atoms with Crippen molar-refractivity contribution < 1.29 is 9.47 Å². The minimum atomic E-state index is -0.122. The highest BCUT2D eigenvalue weighted by Crippen LogP contribution is 2.26. The van der Waals surface area contributed by atoms with Crippen LogP contribution in [-0.4, -0.2) is 25.5 Å². The Balaban J connectivity index is 1.89. The summed E-state index contributed by atoms with van der Waals surface area (Å²) >= 11 is 0. The van der Waals surface area contributed by atoms with E-state index in [1.807, 2.05) is 19.9 Å². The Morgan fingerprint density at radius 1 is 1.38 bits per heavy atom. The van der Waals surface area contributed by atoms with Gasteiger partial charge in [-0.25, -0.2) is 0 Å². The summed E-state index contributed by atoms with van der Waals surface area (Å²) in [4.78, 5) is 0. The van der Waals surface area contributed by atoms with E-state index in [0.29, 0.717) is 12.6 Å². The van der Waals surface area contributed by atoms with Crippen molar-refractivity contribution in [1.29, 1.82) is 0 Å². The highest BCUT2D eigenvalue weighted by Gasteiger charge is 2.33. The number of hydrogen-bond donors (Lipinski definition) is 1. The quantitative estimate of drug-likeness (QED) is 0.772. The van der Waals surface area contributed by atoms with Gasteiger partial charge in [0, 0.05) is 13.2 Å². The fraction of sp³-hybridized carbons (Fsp3) is 0.538. The molecule has 0 saturated carbocycles. The zero-order chi connectivity index (χ0) is 11.4. The predicted molar refractivity (Wildman–Crippen MR) is 63.1 cm³/mol. The first-order valence-electron chi connectivity index (χ1n) is 5.86. The average molecular weight is 221 g/mol. The Morgan fingerprint density at radius 3 is 2.69 bits per heavy atom. The molecule has 0 aromatic heterocycles. The molecule has 0 spiro atoms. The summed E-state index contributed by atoms with van der Waals surface area (Å²) in [6.45, 7) is 5.52. The highest BCUT2D eigenvalue weighted by atomic mass is 16.7. The third kappa shape index (κ3) is 2.61. The minimum Gasteiger partial charge on any atom is -0.353 e. The van der Waals surface area contributed by atoms with Crippen LogP contribution in [0.5, 0.6) is 0 Å². The topological polar surface area (TPSA) is 30.5 Å². The molecule has 16 heavy (non-hydrogen) atoms. The smallest absolute Gasteiger partial charge is 0.155 e. The van der Waals surface area contributed by atoms with E-state index in [1.54, 1.807) is 0 Å². The molecule has 1 N–H and O–H groups in total. The minimum absolute atomic E-state index is 0.122. The van der Waals surface area contributed by atoms with Gasteiger partial charge in [0.05, 0.1) is 12.1 Å². The lowest BCUT2D eigenvalue weighted by Gasteiger charge is -2.39. The number of ether oxygens (including phenoxy) is 2. The molecule has 0 aliphatic carbocycles. The van der Waals surface area contributed by atoms with E-state index in [4.69, 9.17) is 9.47 Å². The molecule has 1 aliphatic heterocycles. The van der Waals surface area contributed by atoms with Crippen molar-refractivity contribution in [2.75, 3.05) is 13.2 Å². The van der Waals surface area contributed by atoms with E-state index in [0.717, 1.165) is 6.54 Å². The summed E-state index contributed by atoms with van der Waals surface area (Å²) in [6.07, 6.45) is 0.104. The second-order valence-corrected chi connectivity index (χ2v) is 3.99. The van der Waals surface area contributed by atoms with E-state index < -0.39 is 0 Å². The van der Waals surface area contributed by atoms with Gasteiger partial charge in [-0.3, -0.25) is 0 Å². The summed E-state index contributed by atoms with van der Waals surface area (Å²) in [5.41, 5.74) is 1.28. The first-order valence-corrected chi connectivity index (χ1v) is 5.86. The molecule has 0 amide bonds. The van der Waals surface area contributed by atoms with Gasteiger partial charge in [0.25, 0.3) is 0 Å². The van der Waals surface area contributed by atoms with Gasteiger partial charge in [0.2, 0.25) is 0 Å². The number of hydrogen-bond acceptors (Lipinski definition) is 3. The van der Waals surface area contributed by atoms with E-state index in [-0.39, 0.29) is 12.4 Å². The van der Waals surface area contributed by atoms with Crippen LogP contribution in [0.2, 0.25) is 0 Å². The Morgan fingerprint density at radius 2 is 2.12 bits per heavy atom. The molecule has 3 nitrogen and oxygen atoms in total. The fourth-order valence-electron chi connectivity index (χ4n) is 1.97. The van der Waals surface area contributed by atoms with Gasteiger partial charge in [0.15, 0.2) is 6.29 Å². The molecule has 88 valence electrons. The standard InChI is InChI=1S/C13H19NO2/c1-3-15-10(2)16-12-9-14-13(12)11-7-5-4-6-8-11/h4-8,10,12-14H,3,9H2,1-2H3/t10?,12-,13-/m1/s1. The molecule has 1 unspecified atom stereocenters. The molecule has 1 heterocycles. The maximum absolute atomic E-state index is 5.81. The van der Waals surface area contributed by atoms with Crippen LogP contribution in [0.1, 0.15) is 25.5 Å². The summed E-state index contributed by atoms with van der Waals surface area (Å²) in [5.74, 6) is 0. The first kappa shape index (κ1) is 11.6. The van der Waals surface area contributed by atoms with E-state index >= 15 is 0 Å². The molecule has 1 aliphatic rings. The van der Waals surface area contributed by atoms with Crippen LogP contribution in [0.4, 0.5) is 0 Å². The molecular formula is C13H19NO2. The molecule has 1 aromatic rings. The first-order chi connectivity index (χ1) is 7.81. The van der Waals surface area contributed by atoms with Crippen molar-refractivity contribution in [2.24, 2.45) is 0 Å². The molecule has 3 atom stereocenters. The second-order valence-electron chi connectivity index (χ2n) is 3.99. The zero-order valence-corrected chi connectivity index (χ0v) is 9.85. The maximum atomic E-state index is 5.81. The zero-order valence-electron chi connectivity index (χ0n) is 9.85. The molecule has 1 aromatic carbocycles. The van der Waals surface area contributed by atoms with Gasteiger partial charge in [0.1, 0.15) is 0 Å². The third-order valence-electron chi connectivity index (χ3n) is 2.84. The van der Waals surface area contributed by atoms with Gasteiger partial charge in [-0.1, -0.05) is 30.3 Å². The van der Waals surface area contributed by atoms with Crippen molar-refractivity contribution in [3.8, 4) is 0 Å². The monoisotopic (exact) mass is 221 g/mol. The molecule has 1 saturated heterocycles. The average Bonchev–Trinajstić information content (AvgIpc) is 2.26. The van der Waals surface area contributed by atoms with Crippen LogP contribution in [0.15, 0.2) is 30.3 Å². The van der Waals surface area contributed by atoms with E-state index in [9.17, 15) is 0 Å². The Bertz CT molecular complexity index is 315. The van der Waals surface area contributed by atoms with Crippen LogP contribution in [0.3, 0.4) is 0 Å². The number of benzene rings is 1. The molecule has 1 fully saturated rings. The predicted octanol–water partition coefficient (Wildman–Crippen LogP) is 2.10. The van der Waals surface area contributed by atoms with Gasteiger partial charge in [-0.2, -0.15) is 0 Å². The van der Waals surface area contributed by atoms with Crippen LogP contribution in [0, 0.1) is 0 Å². The lowest BCUT2D eigenvalue weighted by Crippen LogP contribution is -2.52. The van der Waals surface area contributed by atoms with Gasteiger partial charge >= 0.3 is 0 Å². The summed E-state index contributed by atoms with van der Waals surface area (Å²) in [7, 11) is 0. The summed E-state index contributed by atoms with van der Waals surface area (Å²) < 4.78 is 11.2. The normalized spacial score (nSPS) is 26.1. The lowest BCUT2D eigenvalue weighted by molar-refractivity contribution is -0.180. The summed E-state index contributed by atoms with van der Waals surface area (Å²) in [6, 6.07) is 10.7. The highest BCUT2D eigenvalue weighted by molar-refractivity contribution is 5.22.